The molecule has 3 rings (SSSR count). The summed E-state index contributed by atoms with van der Waals surface area (Å²) < 4.78 is 66.2. The molecule has 0 fully saturated rings. The zero-order valence-corrected chi connectivity index (χ0v) is 16.6. The first kappa shape index (κ1) is 21.7. The van der Waals surface area contributed by atoms with Crippen molar-refractivity contribution in [2.45, 2.75) is 11.1 Å². The van der Waals surface area contributed by atoms with Gasteiger partial charge < -0.3 is 5.32 Å². The summed E-state index contributed by atoms with van der Waals surface area (Å²) in [5.41, 5.74) is -0.817. The molecule has 0 aliphatic heterocycles. The number of benzene rings is 3. The van der Waals surface area contributed by atoms with Crippen LogP contribution in [0.3, 0.4) is 0 Å². The minimum absolute atomic E-state index is 0.0203. The van der Waals surface area contributed by atoms with Gasteiger partial charge in [-0.2, -0.15) is 13.2 Å². The number of rotatable bonds is 5. The first-order valence-corrected chi connectivity index (χ1v) is 10.3. The number of amides is 1. The number of carbonyl (C=O) groups excluding carboxylic acids is 1. The molecule has 0 radical (unpaired) electrons. The first-order chi connectivity index (χ1) is 14.1. The molecule has 0 aromatic heterocycles. The summed E-state index contributed by atoms with van der Waals surface area (Å²) >= 11 is 5.88. The molecule has 0 unspecified atom stereocenters. The fourth-order valence-corrected chi connectivity index (χ4v) is 3.89. The van der Waals surface area contributed by atoms with Crippen LogP contribution in [0.2, 0.25) is 5.02 Å². The molecule has 0 saturated heterocycles. The number of carbonyl (C=O) groups is 1. The van der Waals surface area contributed by atoms with E-state index in [2.05, 4.69) is 10.0 Å². The van der Waals surface area contributed by atoms with Gasteiger partial charge in [-0.1, -0.05) is 35.9 Å². The van der Waals surface area contributed by atoms with Crippen LogP contribution in [0.15, 0.2) is 77.7 Å². The number of hydrogen-bond acceptors (Lipinski definition) is 3. The van der Waals surface area contributed by atoms with Gasteiger partial charge in [0.05, 0.1) is 21.7 Å². The van der Waals surface area contributed by atoms with E-state index in [0.29, 0.717) is 16.8 Å². The predicted molar refractivity (Wildman–Crippen MR) is 108 cm³/mol. The van der Waals surface area contributed by atoms with Gasteiger partial charge in [0.2, 0.25) is 0 Å². The molecule has 3 aromatic rings. The van der Waals surface area contributed by atoms with Crippen molar-refractivity contribution in [1.29, 1.82) is 0 Å². The Hall–Kier alpha value is -3.04. The number of para-hydroxylation sites is 1. The minimum Gasteiger partial charge on any atom is -0.322 e. The summed E-state index contributed by atoms with van der Waals surface area (Å²) in [5, 5.41) is 2.98. The SMILES string of the molecule is O=C(Nc1cccc(Cl)c1)c1ccccc1NS(=O)(=O)c1cccc(C(F)(F)F)c1. The highest BCUT2D eigenvalue weighted by molar-refractivity contribution is 7.92. The summed E-state index contributed by atoms with van der Waals surface area (Å²) in [6.45, 7) is 0. The van der Waals surface area contributed by atoms with Crippen LogP contribution < -0.4 is 10.0 Å². The molecule has 0 bridgehead atoms. The molecule has 0 saturated carbocycles. The van der Waals surface area contributed by atoms with Gasteiger partial charge in [0.25, 0.3) is 15.9 Å². The second-order valence-corrected chi connectivity index (χ2v) is 8.26. The lowest BCUT2D eigenvalue weighted by atomic mass is 10.1. The number of halogens is 4. The second kappa shape index (κ2) is 8.37. The van der Waals surface area contributed by atoms with Crippen molar-refractivity contribution in [3.8, 4) is 0 Å². The van der Waals surface area contributed by atoms with E-state index in [4.69, 9.17) is 11.6 Å². The number of alkyl halides is 3. The largest absolute Gasteiger partial charge is 0.416 e. The average molecular weight is 455 g/mol. The van der Waals surface area contributed by atoms with Crippen molar-refractivity contribution in [2.75, 3.05) is 10.0 Å². The molecular weight excluding hydrogens is 441 g/mol. The molecule has 0 spiro atoms. The molecule has 30 heavy (non-hydrogen) atoms. The second-order valence-electron chi connectivity index (χ2n) is 6.14. The highest BCUT2D eigenvalue weighted by Crippen LogP contribution is 2.31. The van der Waals surface area contributed by atoms with E-state index >= 15 is 0 Å². The van der Waals surface area contributed by atoms with Gasteiger partial charge in [-0.05, 0) is 48.5 Å². The Labute approximate surface area is 175 Å². The zero-order chi connectivity index (χ0) is 21.9. The fraction of sp³-hybridized carbons (Fsp3) is 0.0500. The molecule has 0 atom stereocenters. The van der Waals surface area contributed by atoms with Crippen molar-refractivity contribution in [3.05, 3.63) is 88.9 Å². The normalized spacial score (nSPS) is 11.7. The van der Waals surface area contributed by atoms with Gasteiger partial charge >= 0.3 is 6.18 Å². The van der Waals surface area contributed by atoms with Crippen LogP contribution in [0.5, 0.6) is 0 Å². The number of hydrogen-bond donors (Lipinski definition) is 2. The molecular formula is C20H14ClF3N2O3S. The van der Waals surface area contributed by atoms with Crippen LogP contribution in [0.25, 0.3) is 0 Å². The molecule has 156 valence electrons. The van der Waals surface area contributed by atoms with Crippen LogP contribution in [-0.4, -0.2) is 14.3 Å². The summed E-state index contributed by atoms with van der Waals surface area (Å²) in [6, 6.07) is 15.4. The van der Waals surface area contributed by atoms with Crippen LogP contribution in [-0.2, 0) is 16.2 Å². The predicted octanol–water partition coefficient (Wildman–Crippen LogP) is 5.41. The standard InChI is InChI=1S/C20H14ClF3N2O3S/c21-14-6-4-7-15(12-14)25-19(27)17-9-1-2-10-18(17)26-30(28,29)16-8-3-5-13(11-16)20(22,23)24/h1-12,26H,(H,25,27). The van der Waals surface area contributed by atoms with Crippen LogP contribution >= 0.6 is 11.6 Å². The lowest BCUT2D eigenvalue weighted by molar-refractivity contribution is -0.137. The van der Waals surface area contributed by atoms with Crippen molar-refractivity contribution < 1.29 is 26.4 Å². The van der Waals surface area contributed by atoms with Gasteiger partial charge in [0.15, 0.2) is 0 Å². The van der Waals surface area contributed by atoms with Crippen molar-refractivity contribution in [3.63, 3.8) is 0 Å². The molecule has 0 aliphatic rings. The third kappa shape index (κ3) is 5.11. The molecule has 2 N–H and O–H groups in total. The third-order valence-electron chi connectivity index (χ3n) is 3.97. The monoisotopic (exact) mass is 454 g/mol. The summed E-state index contributed by atoms with van der Waals surface area (Å²) in [4.78, 5) is 12.0. The highest BCUT2D eigenvalue weighted by Gasteiger charge is 2.31. The van der Waals surface area contributed by atoms with Gasteiger partial charge in [-0.3, -0.25) is 9.52 Å². The molecule has 1 amide bonds. The van der Waals surface area contributed by atoms with Gasteiger partial charge in [0.1, 0.15) is 0 Å². The third-order valence-corrected chi connectivity index (χ3v) is 5.57. The quantitative estimate of drug-likeness (QED) is 0.541. The molecule has 0 aliphatic carbocycles. The van der Waals surface area contributed by atoms with Crippen LogP contribution in [0, 0.1) is 0 Å². The zero-order valence-electron chi connectivity index (χ0n) is 15.1. The van der Waals surface area contributed by atoms with Crippen LogP contribution in [0.1, 0.15) is 15.9 Å². The van der Waals surface area contributed by atoms with E-state index in [1.54, 1.807) is 18.2 Å². The highest BCUT2D eigenvalue weighted by atomic mass is 35.5. The van der Waals surface area contributed by atoms with Crippen LogP contribution in [0.4, 0.5) is 24.5 Å². The van der Waals surface area contributed by atoms with E-state index in [9.17, 15) is 26.4 Å². The topological polar surface area (TPSA) is 75.3 Å². The Morgan fingerprint density at radius 1 is 0.900 bits per heavy atom. The lowest BCUT2D eigenvalue weighted by Gasteiger charge is -2.14. The first-order valence-electron chi connectivity index (χ1n) is 8.42. The Bertz CT molecular complexity index is 1200. The Morgan fingerprint density at radius 3 is 2.30 bits per heavy atom. The summed E-state index contributed by atoms with van der Waals surface area (Å²) in [6.07, 6.45) is -4.69. The molecule has 10 heteroatoms. The lowest BCUT2D eigenvalue weighted by Crippen LogP contribution is -2.19. The molecule has 0 heterocycles. The maximum absolute atomic E-state index is 12.9. The fourth-order valence-electron chi connectivity index (χ4n) is 2.58. The van der Waals surface area contributed by atoms with E-state index < -0.39 is 32.6 Å². The van der Waals surface area contributed by atoms with Crippen molar-refractivity contribution in [2.24, 2.45) is 0 Å². The number of anilines is 2. The minimum atomic E-state index is -4.69. The maximum Gasteiger partial charge on any atom is 0.416 e. The Balaban J connectivity index is 1.90. The molecule has 5 nitrogen and oxygen atoms in total. The van der Waals surface area contributed by atoms with Crippen molar-refractivity contribution in [1.82, 2.24) is 0 Å². The smallest absolute Gasteiger partial charge is 0.322 e. The van der Waals surface area contributed by atoms with E-state index in [-0.39, 0.29) is 11.3 Å². The number of nitrogens with one attached hydrogen (secondary N) is 2. The number of sulfonamides is 1. The summed E-state index contributed by atoms with van der Waals surface area (Å²) in [5.74, 6) is -0.625. The summed E-state index contributed by atoms with van der Waals surface area (Å²) in [7, 11) is -4.38. The maximum atomic E-state index is 12.9. The van der Waals surface area contributed by atoms with Crippen molar-refractivity contribution >= 4 is 38.9 Å². The van der Waals surface area contributed by atoms with Gasteiger partial charge in [-0.25, -0.2) is 8.42 Å². The Kier molecular flexibility index (Phi) is 6.04. The van der Waals surface area contributed by atoms with E-state index in [0.717, 1.165) is 18.2 Å². The Morgan fingerprint density at radius 2 is 1.60 bits per heavy atom. The van der Waals surface area contributed by atoms with E-state index in [1.165, 1.54) is 30.3 Å². The molecule has 3 aromatic carbocycles. The van der Waals surface area contributed by atoms with Gasteiger partial charge in [0, 0.05) is 10.7 Å². The van der Waals surface area contributed by atoms with E-state index in [1.807, 2.05) is 0 Å². The van der Waals surface area contributed by atoms with Gasteiger partial charge in [-0.15, -0.1) is 0 Å². The average Bonchev–Trinajstić information content (AvgIpc) is 2.67.